The van der Waals surface area contributed by atoms with Gasteiger partial charge in [-0.3, -0.25) is 4.79 Å². The van der Waals surface area contributed by atoms with Gasteiger partial charge in [0.15, 0.2) is 11.5 Å². The van der Waals surface area contributed by atoms with Gasteiger partial charge < -0.3 is 19.1 Å². The Hall–Kier alpha value is -3.12. The standard InChI is InChI=1S/C24H21NO4S/c1-15-24(26)25(13-16-6-8-21-22(10-16)29-14-28-21)20-12-18(7-9-23(20)30-15)17-4-3-5-19(11-17)27-2/h3-12,15H,13-14H2,1-2H3. The monoisotopic (exact) mass is 419 g/mol. The summed E-state index contributed by atoms with van der Waals surface area (Å²) in [6.07, 6.45) is 0. The van der Waals surface area contributed by atoms with Gasteiger partial charge in [-0.05, 0) is 60.0 Å². The topological polar surface area (TPSA) is 48.0 Å². The Bertz CT molecular complexity index is 1130. The Labute approximate surface area is 179 Å². The third-order valence-electron chi connectivity index (χ3n) is 5.35. The van der Waals surface area contributed by atoms with Crippen molar-refractivity contribution in [2.45, 2.75) is 23.6 Å². The molecule has 5 nitrogen and oxygen atoms in total. The number of methoxy groups -OCH3 is 1. The van der Waals surface area contributed by atoms with Gasteiger partial charge in [-0.2, -0.15) is 0 Å². The van der Waals surface area contributed by atoms with E-state index in [0.717, 1.165) is 44.5 Å². The summed E-state index contributed by atoms with van der Waals surface area (Å²) in [5.74, 6) is 2.38. The van der Waals surface area contributed by atoms with Crippen LogP contribution in [0.3, 0.4) is 0 Å². The molecule has 3 aromatic rings. The maximum Gasteiger partial charge on any atom is 0.240 e. The summed E-state index contributed by atoms with van der Waals surface area (Å²) in [6.45, 7) is 2.68. The molecule has 1 unspecified atom stereocenters. The average molecular weight is 420 g/mol. The molecule has 152 valence electrons. The molecule has 30 heavy (non-hydrogen) atoms. The van der Waals surface area contributed by atoms with E-state index < -0.39 is 0 Å². The number of benzene rings is 3. The Morgan fingerprint density at radius 3 is 2.73 bits per heavy atom. The summed E-state index contributed by atoms with van der Waals surface area (Å²) in [5, 5.41) is -0.130. The van der Waals surface area contributed by atoms with Crippen molar-refractivity contribution < 1.29 is 19.0 Å². The molecule has 1 amide bonds. The molecule has 5 rings (SSSR count). The van der Waals surface area contributed by atoms with Gasteiger partial charge in [-0.25, -0.2) is 0 Å². The van der Waals surface area contributed by atoms with Gasteiger partial charge in [-0.15, -0.1) is 11.8 Å². The van der Waals surface area contributed by atoms with E-state index >= 15 is 0 Å². The number of nitrogens with zero attached hydrogens (tertiary/aromatic N) is 1. The van der Waals surface area contributed by atoms with Gasteiger partial charge in [0.05, 0.1) is 24.6 Å². The van der Waals surface area contributed by atoms with E-state index in [2.05, 4.69) is 18.2 Å². The van der Waals surface area contributed by atoms with Crippen molar-refractivity contribution in [2.24, 2.45) is 0 Å². The summed E-state index contributed by atoms with van der Waals surface area (Å²) in [4.78, 5) is 16.1. The molecule has 2 aliphatic rings. The van der Waals surface area contributed by atoms with Gasteiger partial charge in [0, 0.05) is 4.90 Å². The van der Waals surface area contributed by atoms with E-state index in [-0.39, 0.29) is 18.0 Å². The number of anilines is 1. The van der Waals surface area contributed by atoms with Crippen LogP contribution >= 0.6 is 11.8 Å². The predicted molar refractivity (Wildman–Crippen MR) is 118 cm³/mol. The van der Waals surface area contributed by atoms with Gasteiger partial charge in [0.2, 0.25) is 12.7 Å². The molecule has 0 saturated carbocycles. The van der Waals surface area contributed by atoms with Crippen molar-refractivity contribution in [3.8, 4) is 28.4 Å². The molecule has 0 aromatic heterocycles. The van der Waals surface area contributed by atoms with Crippen LogP contribution in [0.4, 0.5) is 5.69 Å². The summed E-state index contributed by atoms with van der Waals surface area (Å²) in [6, 6.07) is 20.1. The highest BCUT2D eigenvalue weighted by Gasteiger charge is 2.31. The smallest absolute Gasteiger partial charge is 0.240 e. The molecule has 2 heterocycles. The number of fused-ring (bicyclic) bond motifs is 2. The first-order chi connectivity index (χ1) is 14.6. The fourth-order valence-corrected chi connectivity index (χ4v) is 4.82. The zero-order chi connectivity index (χ0) is 20.7. The lowest BCUT2D eigenvalue weighted by atomic mass is 10.0. The molecular weight excluding hydrogens is 398 g/mol. The van der Waals surface area contributed by atoms with Crippen molar-refractivity contribution in [2.75, 3.05) is 18.8 Å². The lowest BCUT2D eigenvalue weighted by molar-refractivity contribution is -0.118. The number of ether oxygens (including phenoxy) is 3. The first-order valence-corrected chi connectivity index (χ1v) is 10.7. The Morgan fingerprint density at radius 1 is 1.03 bits per heavy atom. The van der Waals surface area contributed by atoms with Crippen LogP contribution in [0.5, 0.6) is 17.2 Å². The van der Waals surface area contributed by atoms with Gasteiger partial charge in [0.25, 0.3) is 0 Å². The maximum absolute atomic E-state index is 13.1. The second kappa shape index (κ2) is 7.61. The summed E-state index contributed by atoms with van der Waals surface area (Å²) < 4.78 is 16.3. The number of carbonyl (C=O) groups excluding carboxylic acids is 1. The Balaban J connectivity index is 1.53. The molecule has 0 aliphatic carbocycles. The van der Waals surface area contributed by atoms with Crippen molar-refractivity contribution in [1.29, 1.82) is 0 Å². The van der Waals surface area contributed by atoms with Crippen molar-refractivity contribution in [1.82, 2.24) is 0 Å². The second-order valence-electron chi connectivity index (χ2n) is 7.29. The quantitative estimate of drug-likeness (QED) is 0.588. The minimum Gasteiger partial charge on any atom is -0.497 e. The molecule has 3 aromatic carbocycles. The molecule has 0 saturated heterocycles. The van der Waals surface area contributed by atoms with Crippen LogP contribution in [0.1, 0.15) is 12.5 Å². The number of rotatable bonds is 4. The number of amides is 1. The highest BCUT2D eigenvalue weighted by atomic mass is 32.2. The van der Waals surface area contributed by atoms with Crippen LogP contribution in [0.25, 0.3) is 11.1 Å². The molecular formula is C24H21NO4S. The van der Waals surface area contributed by atoms with E-state index in [9.17, 15) is 4.79 Å². The van der Waals surface area contributed by atoms with Crippen LogP contribution in [0.2, 0.25) is 0 Å². The van der Waals surface area contributed by atoms with E-state index in [0.29, 0.717) is 6.54 Å². The first-order valence-electron chi connectivity index (χ1n) is 9.77. The molecule has 0 spiro atoms. The SMILES string of the molecule is COc1cccc(-c2ccc3c(c2)N(Cc2ccc4c(c2)OCO4)C(=O)C(C)S3)c1. The second-order valence-corrected chi connectivity index (χ2v) is 8.67. The van der Waals surface area contributed by atoms with E-state index in [4.69, 9.17) is 14.2 Å². The predicted octanol–water partition coefficient (Wildman–Crippen LogP) is 5.12. The minimum absolute atomic E-state index is 0.105. The number of hydrogen-bond donors (Lipinski definition) is 0. The molecule has 1 atom stereocenters. The van der Waals surface area contributed by atoms with Crippen LogP contribution < -0.4 is 19.1 Å². The van der Waals surface area contributed by atoms with E-state index in [1.165, 1.54) is 0 Å². The molecule has 0 bridgehead atoms. The third-order valence-corrected chi connectivity index (χ3v) is 6.50. The van der Waals surface area contributed by atoms with Crippen molar-refractivity contribution in [3.05, 3.63) is 66.2 Å². The zero-order valence-corrected chi connectivity index (χ0v) is 17.6. The lowest BCUT2D eigenvalue weighted by Crippen LogP contribution is -2.39. The largest absolute Gasteiger partial charge is 0.497 e. The summed E-state index contributed by atoms with van der Waals surface area (Å²) >= 11 is 1.61. The third kappa shape index (κ3) is 3.37. The highest BCUT2D eigenvalue weighted by Crippen LogP contribution is 2.42. The zero-order valence-electron chi connectivity index (χ0n) is 16.8. The molecule has 0 N–H and O–H groups in total. The molecule has 0 radical (unpaired) electrons. The highest BCUT2D eigenvalue weighted by molar-refractivity contribution is 8.01. The van der Waals surface area contributed by atoms with Crippen LogP contribution in [-0.2, 0) is 11.3 Å². The first kappa shape index (κ1) is 18.9. The number of thioether (sulfide) groups is 1. The fourth-order valence-electron chi connectivity index (χ4n) is 3.77. The molecule has 2 aliphatic heterocycles. The van der Waals surface area contributed by atoms with Gasteiger partial charge in [0.1, 0.15) is 5.75 Å². The van der Waals surface area contributed by atoms with Gasteiger partial charge in [-0.1, -0.05) is 24.3 Å². The Morgan fingerprint density at radius 2 is 1.87 bits per heavy atom. The maximum atomic E-state index is 13.1. The lowest BCUT2D eigenvalue weighted by Gasteiger charge is -2.33. The minimum atomic E-state index is -0.130. The van der Waals surface area contributed by atoms with Crippen LogP contribution in [-0.4, -0.2) is 25.1 Å². The van der Waals surface area contributed by atoms with Gasteiger partial charge >= 0.3 is 0 Å². The summed E-state index contributed by atoms with van der Waals surface area (Å²) in [5.41, 5.74) is 4.04. The van der Waals surface area contributed by atoms with Crippen molar-refractivity contribution >= 4 is 23.4 Å². The average Bonchev–Trinajstić information content (AvgIpc) is 3.24. The summed E-state index contributed by atoms with van der Waals surface area (Å²) in [7, 11) is 1.66. The Kier molecular flexibility index (Phi) is 4.79. The normalized spacial score (nSPS) is 17.1. The fraction of sp³-hybridized carbons (Fsp3) is 0.208. The number of carbonyl (C=O) groups is 1. The number of hydrogen-bond acceptors (Lipinski definition) is 5. The molecule has 0 fully saturated rings. The van der Waals surface area contributed by atoms with Crippen molar-refractivity contribution in [3.63, 3.8) is 0 Å². The van der Waals surface area contributed by atoms with E-state index in [1.54, 1.807) is 18.9 Å². The van der Waals surface area contributed by atoms with Crippen LogP contribution in [0.15, 0.2) is 65.6 Å². The molecule has 6 heteroatoms. The van der Waals surface area contributed by atoms with E-state index in [1.807, 2.05) is 54.3 Å². The van der Waals surface area contributed by atoms with Crippen LogP contribution in [0, 0.1) is 0 Å².